The summed E-state index contributed by atoms with van der Waals surface area (Å²) in [4.78, 5) is 15.3. The summed E-state index contributed by atoms with van der Waals surface area (Å²) in [6, 6.07) is 4.47. The van der Waals surface area contributed by atoms with Gasteiger partial charge in [0.05, 0.1) is 5.92 Å². The third-order valence-electron chi connectivity index (χ3n) is 7.77. The molecule has 0 spiro atoms. The quantitative estimate of drug-likeness (QED) is 0.525. The van der Waals surface area contributed by atoms with E-state index in [2.05, 4.69) is 24.2 Å². The molecule has 0 N–H and O–H groups in total. The zero-order valence-electron chi connectivity index (χ0n) is 22.2. The Balaban J connectivity index is 1.56. The number of hydrogen-bond donors (Lipinski definition) is 0. The van der Waals surface area contributed by atoms with E-state index in [1.165, 1.54) is 16.3 Å². The van der Waals surface area contributed by atoms with E-state index in [0.717, 1.165) is 42.4 Å². The van der Waals surface area contributed by atoms with Crippen LogP contribution in [0.15, 0.2) is 21.6 Å². The number of aryl methyl sites for hydroxylation is 4. The number of aromatic nitrogens is 1. The fraction of sp³-hybridized carbons (Fsp3) is 0.571. The SMILES string of the molecule is Cc1cc(C)c(/C=C/c2onc(C)c2S(=O)(=O)N2CCC[C@H](C(=O)N(C)C3CCCCC3)C2)c(C)c1. The van der Waals surface area contributed by atoms with E-state index in [-0.39, 0.29) is 35.1 Å². The lowest BCUT2D eigenvalue weighted by Gasteiger charge is -2.37. The average Bonchev–Trinajstić information content (AvgIpc) is 3.24. The first-order valence-electron chi connectivity index (χ1n) is 13.1. The number of carbonyl (C=O) groups excluding carboxylic acids is 1. The first kappa shape index (κ1) is 26.6. The van der Waals surface area contributed by atoms with E-state index < -0.39 is 10.0 Å². The number of rotatable bonds is 6. The van der Waals surface area contributed by atoms with E-state index in [0.29, 0.717) is 25.1 Å². The first-order valence-corrected chi connectivity index (χ1v) is 14.5. The van der Waals surface area contributed by atoms with Crippen molar-refractivity contribution in [1.29, 1.82) is 0 Å². The highest BCUT2D eigenvalue weighted by molar-refractivity contribution is 7.89. The van der Waals surface area contributed by atoms with Crippen molar-refractivity contribution < 1.29 is 17.7 Å². The van der Waals surface area contributed by atoms with Gasteiger partial charge in [-0.2, -0.15) is 4.31 Å². The Bertz CT molecular complexity index is 1220. The maximum Gasteiger partial charge on any atom is 0.248 e. The average molecular weight is 514 g/mol. The smallest absolute Gasteiger partial charge is 0.248 e. The van der Waals surface area contributed by atoms with Gasteiger partial charge in [-0.05, 0) is 76.1 Å². The molecule has 1 atom stereocenters. The molecular weight excluding hydrogens is 474 g/mol. The van der Waals surface area contributed by atoms with E-state index in [9.17, 15) is 13.2 Å². The summed E-state index contributed by atoms with van der Waals surface area (Å²) in [5.74, 6) is -0.0357. The lowest BCUT2D eigenvalue weighted by atomic mass is 9.92. The topological polar surface area (TPSA) is 83.7 Å². The van der Waals surface area contributed by atoms with Crippen molar-refractivity contribution in [3.63, 3.8) is 0 Å². The van der Waals surface area contributed by atoms with Gasteiger partial charge in [0.2, 0.25) is 15.9 Å². The van der Waals surface area contributed by atoms with Crippen LogP contribution < -0.4 is 0 Å². The van der Waals surface area contributed by atoms with Crippen molar-refractivity contribution in [2.45, 2.75) is 83.6 Å². The van der Waals surface area contributed by atoms with Crippen molar-refractivity contribution in [2.75, 3.05) is 20.1 Å². The van der Waals surface area contributed by atoms with Gasteiger partial charge in [0.15, 0.2) is 10.7 Å². The van der Waals surface area contributed by atoms with Crippen LogP contribution in [-0.2, 0) is 14.8 Å². The van der Waals surface area contributed by atoms with Crippen molar-refractivity contribution in [2.24, 2.45) is 5.92 Å². The summed E-state index contributed by atoms with van der Waals surface area (Å²) in [6.45, 7) is 8.38. The van der Waals surface area contributed by atoms with Crippen molar-refractivity contribution in [1.82, 2.24) is 14.4 Å². The normalized spacial score (nSPS) is 20.2. The lowest BCUT2D eigenvalue weighted by molar-refractivity contribution is -0.138. The predicted molar refractivity (Wildman–Crippen MR) is 142 cm³/mol. The Morgan fingerprint density at radius 2 is 1.69 bits per heavy atom. The van der Waals surface area contributed by atoms with E-state index in [4.69, 9.17) is 4.52 Å². The molecule has 2 aromatic rings. The van der Waals surface area contributed by atoms with Gasteiger partial charge in [0, 0.05) is 26.2 Å². The third kappa shape index (κ3) is 5.44. The molecule has 0 unspecified atom stereocenters. The maximum atomic E-state index is 13.8. The van der Waals surface area contributed by atoms with Crippen LogP contribution in [0.25, 0.3) is 12.2 Å². The minimum atomic E-state index is -3.87. The van der Waals surface area contributed by atoms with Crippen LogP contribution in [0.5, 0.6) is 0 Å². The highest BCUT2D eigenvalue weighted by atomic mass is 32.2. The Morgan fingerprint density at radius 1 is 1.03 bits per heavy atom. The number of benzene rings is 1. The minimum Gasteiger partial charge on any atom is -0.355 e. The van der Waals surface area contributed by atoms with Gasteiger partial charge in [-0.25, -0.2) is 8.42 Å². The van der Waals surface area contributed by atoms with E-state index in [1.807, 2.05) is 31.9 Å². The van der Waals surface area contributed by atoms with Gasteiger partial charge in [0.1, 0.15) is 5.69 Å². The molecule has 1 saturated carbocycles. The molecule has 0 bridgehead atoms. The highest BCUT2D eigenvalue weighted by Gasteiger charge is 2.38. The predicted octanol–water partition coefficient (Wildman–Crippen LogP) is 5.27. The zero-order valence-corrected chi connectivity index (χ0v) is 23.0. The largest absolute Gasteiger partial charge is 0.355 e. The Labute approximate surface area is 215 Å². The molecule has 196 valence electrons. The molecule has 1 aliphatic heterocycles. The number of sulfonamides is 1. The molecule has 2 heterocycles. The Hall–Kier alpha value is -2.45. The lowest BCUT2D eigenvalue weighted by Crippen LogP contribution is -2.48. The Kier molecular flexibility index (Phi) is 8.05. The molecule has 0 radical (unpaired) electrons. The minimum absolute atomic E-state index is 0.0641. The molecule has 1 aliphatic carbocycles. The summed E-state index contributed by atoms with van der Waals surface area (Å²) in [7, 11) is -1.99. The van der Waals surface area contributed by atoms with E-state index >= 15 is 0 Å². The molecule has 1 aromatic heterocycles. The van der Waals surface area contributed by atoms with Crippen LogP contribution in [0.3, 0.4) is 0 Å². The molecule has 2 aliphatic rings. The Morgan fingerprint density at radius 3 is 2.36 bits per heavy atom. The van der Waals surface area contributed by atoms with Crippen molar-refractivity contribution >= 4 is 28.1 Å². The van der Waals surface area contributed by atoms with Crippen LogP contribution >= 0.6 is 0 Å². The number of carbonyl (C=O) groups is 1. The van der Waals surface area contributed by atoms with Crippen LogP contribution in [0, 0.1) is 33.6 Å². The fourth-order valence-corrected chi connectivity index (χ4v) is 7.61. The monoisotopic (exact) mass is 513 g/mol. The summed E-state index contributed by atoms with van der Waals surface area (Å²) in [6.07, 6.45) is 10.6. The molecule has 2 fully saturated rings. The van der Waals surface area contributed by atoms with Crippen molar-refractivity contribution in [3.8, 4) is 0 Å². The van der Waals surface area contributed by atoms with Crippen LogP contribution in [-0.4, -0.2) is 54.9 Å². The molecule has 4 rings (SSSR count). The van der Waals surface area contributed by atoms with E-state index in [1.54, 1.807) is 13.0 Å². The summed E-state index contributed by atoms with van der Waals surface area (Å²) in [5, 5.41) is 3.99. The molecule has 1 amide bonds. The molecule has 1 saturated heterocycles. The summed E-state index contributed by atoms with van der Waals surface area (Å²) in [5.41, 5.74) is 4.78. The van der Waals surface area contributed by atoms with Gasteiger partial charge < -0.3 is 9.42 Å². The zero-order chi connectivity index (χ0) is 26.0. The second-order valence-corrected chi connectivity index (χ2v) is 12.4. The molecule has 36 heavy (non-hydrogen) atoms. The molecule has 8 heteroatoms. The third-order valence-corrected chi connectivity index (χ3v) is 9.80. The molecular formula is C28H39N3O4S. The number of piperidine rings is 1. The van der Waals surface area contributed by atoms with Gasteiger partial charge in [-0.3, -0.25) is 4.79 Å². The number of nitrogens with zero attached hydrogens (tertiary/aromatic N) is 3. The fourth-order valence-electron chi connectivity index (χ4n) is 5.84. The van der Waals surface area contributed by atoms with Crippen LogP contribution in [0.2, 0.25) is 0 Å². The van der Waals surface area contributed by atoms with Gasteiger partial charge in [-0.1, -0.05) is 48.2 Å². The summed E-state index contributed by atoms with van der Waals surface area (Å²) < 4.78 is 34.5. The summed E-state index contributed by atoms with van der Waals surface area (Å²) >= 11 is 0. The van der Waals surface area contributed by atoms with Gasteiger partial charge in [-0.15, -0.1) is 0 Å². The standard InChI is InChI=1S/C28H39N3O4S/c1-19-16-20(2)25(21(3)17-19)13-14-26-27(22(4)29-35-26)36(33,34)31-15-9-10-23(18-31)28(32)30(5)24-11-7-6-8-12-24/h13-14,16-17,23-24H,6-12,15,18H2,1-5H3/b14-13+/t23-/m0/s1. The molecule has 7 nitrogen and oxygen atoms in total. The second-order valence-electron chi connectivity index (χ2n) is 10.6. The molecule has 1 aromatic carbocycles. The van der Waals surface area contributed by atoms with Gasteiger partial charge >= 0.3 is 0 Å². The van der Waals surface area contributed by atoms with Crippen LogP contribution in [0.4, 0.5) is 0 Å². The maximum absolute atomic E-state index is 13.8. The highest BCUT2D eigenvalue weighted by Crippen LogP contribution is 2.31. The second kappa shape index (κ2) is 10.9. The van der Waals surface area contributed by atoms with Crippen molar-refractivity contribution in [3.05, 3.63) is 45.8 Å². The van der Waals surface area contributed by atoms with Gasteiger partial charge in [0.25, 0.3) is 0 Å². The number of hydrogen-bond acceptors (Lipinski definition) is 5. The first-order chi connectivity index (χ1) is 17.1. The van der Waals surface area contributed by atoms with Crippen LogP contribution in [0.1, 0.15) is 78.7 Å². The number of amides is 1.